The van der Waals surface area contributed by atoms with Gasteiger partial charge < -0.3 is 5.73 Å². The molecule has 3 aromatic rings. The van der Waals surface area contributed by atoms with Crippen molar-refractivity contribution in [2.75, 3.05) is 5.73 Å². The number of hydrogen-bond donors (Lipinski definition) is 1. The fourth-order valence-electron chi connectivity index (χ4n) is 1.80. The quantitative estimate of drug-likeness (QED) is 0.801. The highest BCUT2D eigenvalue weighted by Crippen LogP contribution is 2.36. The predicted octanol–water partition coefficient (Wildman–Crippen LogP) is 3.47. The second-order valence-corrected chi connectivity index (χ2v) is 5.85. The first-order valence-electron chi connectivity index (χ1n) is 5.89. The van der Waals surface area contributed by atoms with Crippen molar-refractivity contribution in [3.63, 3.8) is 0 Å². The van der Waals surface area contributed by atoms with Crippen LogP contribution in [0.1, 0.15) is 12.6 Å². The van der Waals surface area contributed by atoms with Gasteiger partial charge in [0.15, 0.2) is 5.13 Å². The van der Waals surface area contributed by atoms with Gasteiger partial charge in [-0.1, -0.05) is 6.92 Å². The Bertz CT molecular complexity index is 688. The minimum absolute atomic E-state index is 0.591. The zero-order valence-corrected chi connectivity index (χ0v) is 12.0. The van der Waals surface area contributed by atoms with Gasteiger partial charge in [-0.15, -0.1) is 22.7 Å². The molecule has 0 saturated heterocycles. The van der Waals surface area contributed by atoms with Crippen LogP contribution in [0.15, 0.2) is 29.9 Å². The first kappa shape index (κ1) is 12.3. The second kappa shape index (κ2) is 5.07. The average Bonchev–Trinajstić information content (AvgIpc) is 3.05. The Kier molecular flexibility index (Phi) is 3.27. The maximum atomic E-state index is 5.71. The van der Waals surface area contributed by atoms with E-state index in [1.807, 2.05) is 23.7 Å². The zero-order valence-electron chi connectivity index (χ0n) is 10.3. The summed E-state index contributed by atoms with van der Waals surface area (Å²) < 4.78 is 0. The van der Waals surface area contributed by atoms with Gasteiger partial charge in [0.2, 0.25) is 0 Å². The third-order valence-corrected chi connectivity index (χ3v) is 4.54. The number of pyridine rings is 1. The van der Waals surface area contributed by atoms with E-state index in [0.717, 1.165) is 33.3 Å². The Morgan fingerprint density at radius 3 is 2.84 bits per heavy atom. The molecule has 0 aliphatic heterocycles. The summed E-state index contributed by atoms with van der Waals surface area (Å²) in [5, 5.41) is 3.55. The highest BCUT2D eigenvalue weighted by molar-refractivity contribution is 7.19. The molecule has 96 valence electrons. The van der Waals surface area contributed by atoms with Crippen molar-refractivity contribution < 1.29 is 0 Å². The lowest BCUT2D eigenvalue weighted by Gasteiger charge is -1.93. The number of rotatable bonds is 3. The molecule has 0 saturated carbocycles. The van der Waals surface area contributed by atoms with Crippen molar-refractivity contribution in [3.8, 4) is 21.1 Å². The van der Waals surface area contributed by atoms with Gasteiger partial charge in [-0.05, 0) is 18.6 Å². The van der Waals surface area contributed by atoms with E-state index in [4.69, 9.17) is 5.73 Å². The summed E-state index contributed by atoms with van der Waals surface area (Å²) in [6.07, 6.45) is 4.47. The second-order valence-electron chi connectivity index (χ2n) is 3.96. The van der Waals surface area contributed by atoms with Gasteiger partial charge in [-0.3, -0.25) is 4.98 Å². The third-order valence-electron chi connectivity index (χ3n) is 2.70. The molecule has 0 amide bonds. The molecule has 0 aliphatic carbocycles. The van der Waals surface area contributed by atoms with Gasteiger partial charge in [0.25, 0.3) is 0 Å². The number of anilines is 1. The number of hydrogen-bond acceptors (Lipinski definition) is 6. The van der Waals surface area contributed by atoms with E-state index < -0.39 is 0 Å². The van der Waals surface area contributed by atoms with Gasteiger partial charge in [0.1, 0.15) is 5.01 Å². The molecule has 19 heavy (non-hydrogen) atoms. The standard InChI is InChI=1S/C13H12N4S2/c1-2-9-11(10-7-18-13(14)17-10)19-12(16-9)8-4-3-5-15-6-8/h3-7H,2H2,1H3,(H2,14,17). The first-order valence-corrected chi connectivity index (χ1v) is 7.59. The Morgan fingerprint density at radius 2 is 2.21 bits per heavy atom. The third kappa shape index (κ3) is 2.36. The van der Waals surface area contributed by atoms with Crippen molar-refractivity contribution in [2.24, 2.45) is 0 Å². The van der Waals surface area contributed by atoms with Crippen LogP contribution in [0.5, 0.6) is 0 Å². The molecule has 0 aliphatic rings. The number of nitrogens with two attached hydrogens (primary N) is 1. The van der Waals surface area contributed by atoms with Gasteiger partial charge in [-0.2, -0.15) is 0 Å². The number of nitrogens with zero attached hydrogens (tertiary/aromatic N) is 3. The first-order chi connectivity index (χ1) is 9.28. The molecule has 4 nitrogen and oxygen atoms in total. The van der Waals surface area contributed by atoms with Crippen molar-refractivity contribution in [2.45, 2.75) is 13.3 Å². The molecule has 0 fully saturated rings. The zero-order chi connectivity index (χ0) is 13.2. The molecule has 3 aromatic heterocycles. The summed E-state index contributed by atoms with van der Waals surface area (Å²) in [5.41, 5.74) is 8.73. The van der Waals surface area contributed by atoms with E-state index in [2.05, 4.69) is 21.9 Å². The largest absolute Gasteiger partial charge is 0.375 e. The molecule has 0 bridgehead atoms. The van der Waals surface area contributed by atoms with E-state index in [1.54, 1.807) is 17.5 Å². The molecular formula is C13H12N4S2. The number of aryl methyl sites for hydroxylation is 1. The summed E-state index contributed by atoms with van der Waals surface area (Å²) in [6, 6.07) is 3.94. The van der Waals surface area contributed by atoms with Crippen LogP contribution in [-0.2, 0) is 6.42 Å². The molecule has 6 heteroatoms. The summed E-state index contributed by atoms with van der Waals surface area (Å²) in [6.45, 7) is 2.10. The van der Waals surface area contributed by atoms with Gasteiger partial charge in [0, 0.05) is 23.3 Å². The van der Waals surface area contributed by atoms with Crippen LogP contribution in [-0.4, -0.2) is 15.0 Å². The van der Waals surface area contributed by atoms with Gasteiger partial charge >= 0.3 is 0 Å². The molecule has 3 heterocycles. The predicted molar refractivity (Wildman–Crippen MR) is 80.2 cm³/mol. The van der Waals surface area contributed by atoms with E-state index in [9.17, 15) is 0 Å². The van der Waals surface area contributed by atoms with Crippen LogP contribution in [0.4, 0.5) is 5.13 Å². The number of aromatic nitrogens is 3. The normalized spacial score (nSPS) is 10.8. The lowest BCUT2D eigenvalue weighted by molar-refractivity contribution is 1.06. The fourth-order valence-corrected chi connectivity index (χ4v) is 3.53. The Labute approximate surface area is 119 Å². The van der Waals surface area contributed by atoms with Crippen LogP contribution in [0.25, 0.3) is 21.1 Å². The van der Waals surface area contributed by atoms with Crippen molar-refractivity contribution in [1.29, 1.82) is 0 Å². The summed E-state index contributed by atoms with van der Waals surface area (Å²) in [5.74, 6) is 0. The smallest absolute Gasteiger partial charge is 0.180 e. The number of thiazole rings is 2. The molecular weight excluding hydrogens is 276 g/mol. The fraction of sp³-hybridized carbons (Fsp3) is 0.154. The van der Waals surface area contributed by atoms with Crippen molar-refractivity contribution in [3.05, 3.63) is 35.6 Å². The molecule has 0 atom stereocenters. The van der Waals surface area contributed by atoms with Crippen LogP contribution in [0.2, 0.25) is 0 Å². The van der Waals surface area contributed by atoms with Gasteiger partial charge in [-0.25, -0.2) is 9.97 Å². The lowest BCUT2D eigenvalue weighted by atomic mass is 10.2. The van der Waals surface area contributed by atoms with Crippen molar-refractivity contribution in [1.82, 2.24) is 15.0 Å². The molecule has 3 rings (SSSR count). The highest BCUT2D eigenvalue weighted by atomic mass is 32.1. The summed E-state index contributed by atoms with van der Waals surface area (Å²) in [7, 11) is 0. The maximum Gasteiger partial charge on any atom is 0.180 e. The number of nitrogen functional groups attached to an aromatic ring is 1. The highest BCUT2D eigenvalue weighted by Gasteiger charge is 2.15. The molecule has 0 spiro atoms. The van der Waals surface area contributed by atoms with Crippen LogP contribution in [0.3, 0.4) is 0 Å². The SMILES string of the molecule is CCc1nc(-c2cccnc2)sc1-c1csc(N)n1. The minimum atomic E-state index is 0.591. The van der Waals surface area contributed by atoms with E-state index >= 15 is 0 Å². The summed E-state index contributed by atoms with van der Waals surface area (Å²) >= 11 is 3.10. The van der Waals surface area contributed by atoms with Crippen LogP contribution >= 0.6 is 22.7 Å². The van der Waals surface area contributed by atoms with E-state index in [-0.39, 0.29) is 0 Å². The monoisotopic (exact) mass is 288 g/mol. The van der Waals surface area contributed by atoms with Gasteiger partial charge in [0.05, 0.1) is 16.3 Å². The van der Waals surface area contributed by atoms with Crippen molar-refractivity contribution >= 4 is 27.8 Å². The minimum Gasteiger partial charge on any atom is -0.375 e. The Hall–Kier alpha value is -1.79. The molecule has 0 radical (unpaired) electrons. The Morgan fingerprint density at radius 1 is 1.32 bits per heavy atom. The topological polar surface area (TPSA) is 64.7 Å². The van der Waals surface area contributed by atoms with E-state index in [1.165, 1.54) is 11.3 Å². The average molecular weight is 288 g/mol. The van der Waals surface area contributed by atoms with E-state index in [0.29, 0.717) is 5.13 Å². The summed E-state index contributed by atoms with van der Waals surface area (Å²) in [4.78, 5) is 14.3. The van der Waals surface area contributed by atoms with Crippen LogP contribution in [0, 0.1) is 0 Å². The maximum absolute atomic E-state index is 5.71. The Balaban J connectivity index is 2.09. The lowest BCUT2D eigenvalue weighted by Crippen LogP contribution is -1.86. The molecule has 2 N–H and O–H groups in total. The molecule has 0 aromatic carbocycles. The molecule has 0 unspecified atom stereocenters. The van der Waals surface area contributed by atoms with Crippen LogP contribution < -0.4 is 5.73 Å².